The summed E-state index contributed by atoms with van der Waals surface area (Å²) in [5.41, 5.74) is 12.0. The molecular weight excluding hydrogens is 469 g/mol. The van der Waals surface area contributed by atoms with Gasteiger partial charge >= 0.3 is 0 Å². The predicted octanol–water partition coefficient (Wildman–Crippen LogP) is 8.81. The molecule has 38 heavy (non-hydrogen) atoms. The van der Waals surface area contributed by atoms with Crippen LogP contribution in [0.25, 0.3) is 55.4 Å². The third-order valence-corrected chi connectivity index (χ3v) is 8.40. The summed E-state index contributed by atoms with van der Waals surface area (Å²) in [4.78, 5) is 0. The van der Waals surface area contributed by atoms with Gasteiger partial charge in [-0.05, 0) is 71.0 Å². The van der Waals surface area contributed by atoms with Crippen molar-refractivity contribution in [2.24, 2.45) is 7.05 Å². The highest BCUT2D eigenvalue weighted by Crippen LogP contribution is 2.50. The molecule has 1 aliphatic carbocycles. The standard InChI is InChI=1S/C35H29FNO/c1-20-16-17-37(5)30(18-20)31-21(2)10-12-25-26-14-15-29(36)32(34(26)38-33(25)31)22-11-13-24-23-8-6-7-9-27(23)35(3,4)28(24)19-22/h6-19H,1-5H3/q+1. The first-order valence-electron chi connectivity index (χ1n) is 13.1. The first-order chi connectivity index (χ1) is 18.3. The number of aromatic nitrogens is 1. The van der Waals surface area contributed by atoms with Gasteiger partial charge in [0.1, 0.15) is 24.0 Å². The second kappa shape index (κ2) is 7.88. The highest BCUT2D eigenvalue weighted by Gasteiger charge is 2.35. The van der Waals surface area contributed by atoms with Crippen molar-refractivity contribution in [3.05, 3.63) is 113 Å². The summed E-state index contributed by atoms with van der Waals surface area (Å²) in [6.45, 7) is 8.69. The van der Waals surface area contributed by atoms with Crippen LogP contribution in [0.3, 0.4) is 0 Å². The number of nitrogens with zero attached hydrogens (tertiary/aromatic N) is 1. The molecule has 2 aromatic heterocycles. The van der Waals surface area contributed by atoms with Crippen LogP contribution >= 0.6 is 0 Å². The van der Waals surface area contributed by atoms with E-state index in [0.29, 0.717) is 11.1 Å². The van der Waals surface area contributed by atoms with Crippen LogP contribution in [0.4, 0.5) is 4.39 Å². The number of pyridine rings is 1. The van der Waals surface area contributed by atoms with Crippen LogP contribution in [0.5, 0.6) is 0 Å². The van der Waals surface area contributed by atoms with Gasteiger partial charge in [-0.2, -0.15) is 0 Å². The van der Waals surface area contributed by atoms with Crippen molar-refractivity contribution >= 4 is 21.9 Å². The van der Waals surface area contributed by atoms with E-state index < -0.39 is 0 Å². The lowest BCUT2D eigenvalue weighted by Crippen LogP contribution is -2.30. The minimum absolute atomic E-state index is 0.162. The van der Waals surface area contributed by atoms with Crippen molar-refractivity contribution in [3.8, 4) is 33.5 Å². The van der Waals surface area contributed by atoms with E-state index in [2.05, 4.69) is 99.1 Å². The van der Waals surface area contributed by atoms with Gasteiger partial charge in [0.2, 0.25) is 5.69 Å². The molecule has 0 aliphatic heterocycles. The Morgan fingerprint density at radius 2 is 1.45 bits per heavy atom. The van der Waals surface area contributed by atoms with E-state index in [1.807, 2.05) is 19.2 Å². The van der Waals surface area contributed by atoms with Crippen LogP contribution in [0.15, 0.2) is 89.5 Å². The maximum atomic E-state index is 15.7. The average Bonchev–Trinajstić information content (AvgIpc) is 3.38. The summed E-state index contributed by atoms with van der Waals surface area (Å²) in [5, 5.41) is 1.92. The van der Waals surface area contributed by atoms with Crippen LogP contribution in [-0.2, 0) is 12.5 Å². The highest BCUT2D eigenvalue weighted by atomic mass is 19.1. The van der Waals surface area contributed by atoms with E-state index in [-0.39, 0.29) is 11.2 Å². The normalized spacial score (nSPS) is 13.7. The van der Waals surface area contributed by atoms with Crippen molar-refractivity contribution < 1.29 is 13.4 Å². The molecule has 0 fully saturated rings. The van der Waals surface area contributed by atoms with Gasteiger partial charge in [0.25, 0.3) is 0 Å². The van der Waals surface area contributed by atoms with Gasteiger partial charge in [-0.25, -0.2) is 8.96 Å². The number of furan rings is 1. The van der Waals surface area contributed by atoms with Gasteiger partial charge < -0.3 is 4.42 Å². The fourth-order valence-corrected chi connectivity index (χ4v) is 6.35. The Labute approximate surface area is 222 Å². The molecule has 1 aliphatic rings. The summed E-state index contributed by atoms with van der Waals surface area (Å²) in [5.74, 6) is -0.274. The summed E-state index contributed by atoms with van der Waals surface area (Å²) < 4.78 is 24.5. The average molecular weight is 499 g/mol. The molecule has 0 saturated heterocycles. The minimum atomic E-state index is -0.274. The first kappa shape index (κ1) is 22.9. The molecule has 0 amide bonds. The van der Waals surface area contributed by atoms with Crippen molar-refractivity contribution in [1.29, 1.82) is 0 Å². The van der Waals surface area contributed by atoms with E-state index >= 15 is 4.39 Å². The predicted molar refractivity (Wildman–Crippen MR) is 153 cm³/mol. The Morgan fingerprint density at radius 3 is 2.26 bits per heavy atom. The number of rotatable bonds is 2. The monoisotopic (exact) mass is 498 g/mol. The zero-order chi connectivity index (χ0) is 26.3. The largest absolute Gasteiger partial charge is 0.454 e. The number of halogens is 1. The maximum absolute atomic E-state index is 15.7. The van der Waals surface area contributed by atoms with E-state index in [9.17, 15) is 0 Å². The van der Waals surface area contributed by atoms with Gasteiger partial charge in [-0.1, -0.05) is 62.4 Å². The highest BCUT2D eigenvalue weighted by molar-refractivity contribution is 6.13. The number of aryl methyl sites for hydroxylation is 3. The summed E-state index contributed by atoms with van der Waals surface area (Å²) in [6.07, 6.45) is 2.07. The molecule has 6 aromatic rings. The summed E-state index contributed by atoms with van der Waals surface area (Å²) in [6, 6.07) is 26.8. The van der Waals surface area contributed by atoms with E-state index in [4.69, 9.17) is 4.42 Å². The van der Waals surface area contributed by atoms with Crippen LogP contribution < -0.4 is 4.57 Å². The summed E-state index contributed by atoms with van der Waals surface area (Å²) in [7, 11) is 2.05. The third-order valence-electron chi connectivity index (χ3n) is 8.40. The van der Waals surface area contributed by atoms with Gasteiger partial charge in [0.15, 0.2) is 6.20 Å². The lowest BCUT2D eigenvalue weighted by molar-refractivity contribution is -0.660. The number of hydrogen-bond acceptors (Lipinski definition) is 1. The molecule has 0 bridgehead atoms. The van der Waals surface area contributed by atoms with Crippen LogP contribution in [0, 0.1) is 19.7 Å². The molecule has 0 atom stereocenters. The topological polar surface area (TPSA) is 17.0 Å². The Kier molecular flexibility index (Phi) is 4.75. The lowest BCUT2D eigenvalue weighted by atomic mass is 9.81. The maximum Gasteiger partial charge on any atom is 0.216 e. The van der Waals surface area contributed by atoms with Crippen LogP contribution in [0.1, 0.15) is 36.1 Å². The molecule has 0 spiro atoms. The zero-order valence-electron chi connectivity index (χ0n) is 22.3. The van der Waals surface area contributed by atoms with Crippen molar-refractivity contribution in [2.45, 2.75) is 33.1 Å². The molecule has 186 valence electrons. The molecule has 0 saturated carbocycles. The molecule has 3 heteroatoms. The van der Waals surface area contributed by atoms with Crippen LogP contribution in [-0.4, -0.2) is 0 Å². The fourth-order valence-electron chi connectivity index (χ4n) is 6.35. The van der Waals surface area contributed by atoms with Gasteiger partial charge in [-0.3, -0.25) is 0 Å². The molecule has 4 aromatic carbocycles. The second-order valence-electron chi connectivity index (χ2n) is 11.2. The number of hydrogen-bond donors (Lipinski definition) is 0. The number of fused-ring (bicyclic) bond motifs is 6. The van der Waals surface area contributed by atoms with E-state index in [1.54, 1.807) is 6.07 Å². The second-order valence-corrected chi connectivity index (χ2v) is 11.2. The minimum Gasteiger partial charge on any atom is -0.454 e. The molecular formula is C35H29FNO+. The SMILES string of the molecule is Cc1cc[n+](C)c(-c2c(C)ccc3c2oc2c(-c4ccc5c(c4)C(C)(C)c4ccccc4-5)c(F)ccc23)c1. The Morgan fingerprint density at radius 1 is 0.737 bits per heavy atom. The molecule has 7 rings (SSSR count). The Balaban J connectivity index is 1.51. The molecule has 0 N–H and O–H groups in total. The van der Waals surface area contributed by atoms with E-state index in [1.165, 1.54) is 27.8 Å². The van der Waals surface area contributed by atoms with Crippen molar-refractivity contribution in [1.82, 2.24) is 0 Å². The fraction of sp³-hybridized carbons (Fsp3) is 0.171. The van der Waals surface area contributed by atoms with Gasteiger partial charge in [0, 0.05) is 28.3 Å². The van der Waals surface area contributed by atoms with Gasteiger partial charge in [0.05, 0.1) is 11.1 Å². The quantitative estimate of drug-likeness (QED) is 0.218. The van der Waals surface area contributed by atoms with Gasteiger partial charge in [-0.15, -0.1) is 0 Å². The molecule has 0 radical (unpaired) electrons. The Bertz CT molecular complexity index is 1940. The molecule has 0 unspecified atom stereocenters. The van der Waals surface area contributed by atoms with Crippen molar-refractivity contribution in [3.63, 3.8) is 0 Å². The first-order valence-corrected chi connectivity index (χ1v) is 13.1. The smallest absolute Gasteiger partial charge is 0.216 e. The van der Waals surface area contributed by atoms with Crippen LogP contribution in [0.2, 0.25) is 0 Å². The Hall–Kier alpha value is -4.24. The molecule has 2 nitrogen and oxygen atoms in total. The molecule has 2 heterocycles. The number of benzene rings is 4. The van der Waals surface area contributed by atoms with Crippen molar-refractivity contribution in [2.75, 3.05) is 0 Å². The van der Waals surface area contributed by atoms with E-state index in [0.717, 1.165) is 38.7 Å². The zero-order valence-corrected chi connectivity index (χ0v) is 22.3. The third kappa shape index (κ3) is 3.08. The lowest BCUT2D eigenvalue weighted by Gasteiger charge is -2.22. The summed E-state index contributed by atoms with van der Waals surface area (Å²) >= 11 is 0.